The van der Waals surface area contributed by atoms with Crippen molar-refractivity contribution in [2.24, 2.45) is 5.92 Å². The van der Waals surface area contributed by atoms with Gasteiger partial charge in [-0.25, -0.2) is 0 Å². The maximum absolute atomic E-state index is 11.9. The fourth-order valence-electron chi connectivity index (χ4n) is 1.76. The van der Waals surface area contributed by atoms with Gasteiger partial charge in [-0.3, -0.25) is 4.79 Å². The number of ketones is 1. The zero-order valence-corrected chi connectivity index (χ0v) is 8.94. The van der Waals surface area contributed by atoms with Gasteiger partial charge in [0.2, 0.25) is 0 Å². The summed E-state index contributed by atoms with van der Waals surface area (Å²) in [6.07, 6.45) is 3.98. The van der Waals surface area contributed by atoms with Crippen LogP contribution in [0.5, 0.6) is 0 Å². The Hall–Kier alpha value is -1.09. The van der Waals surface area contributed by atoms with Gasteiger partial charge in [-0.2, -0.15) is 0 Å². The summed E-state index contributed by atoms with van der Waals surface area (Å²) in [4.78, 5) is 11.9. The van der Waals surface area contributed by atoms with Crippen LogP contribution in [0.4, 0.5) is 0 Å². The maximum atomic E-state index is 11.9. The van der Waals surface area contributed by atoms with Crippen molar-refractivity contribution in [3.8, 4) is 0 Å². The van der Waals surface area contributed by atoms with E-state index in [0.717, 1.165) is 18.6 Å². The summed E-state index contributed by atoms with van der Waals surface area (Å²) in [5.74, 6) is 1.33. The molecule has 1 unspecified atom stereocenters. The fourth-order valence-corrected chi connectivity index (χ4v) is 1.76. The Bertz CT molecular complexity index is 312. The van der Waals surface area contributed by atoms with Crippen LogP contribution in [-0.2, 0) is 16.0 Å². The molecule has 0 aromatic carbocycles. The fraction of sp³-hybridized carbons (Fsp3) is 0.583. The maximum Gasteiger partial charge on any atom is 0.169 e. The molecule has 0 saturated heterocycles. The highest BCUT2D eigenvalue weighted by Gasteiger charge is 2.36. The Morgan fingerprint density at radius 2 is 2.47 bits per heavy atom. The van der Waals surface area contributed by atoms with Crippen molar-refractivity contribution in [1.82, 2.24) is 0 Å². The number of Topliss-reactive ketones (excluding diaryl/α,β-unsaturated/α-hetero) is 1. The third-order valence-electron chi connectivity index (χ3n) is 2.64. The van der Waals surface area contributed by atoms with Gasteiger partial charge in [0, 0.05) is 6.61 Å². The van der Waals surface area contributed by atoms with Crippen molar-refractivity contribution in [1.29, 1.82) is 0 Å². The number of hydrogen-bond acceptors (Lipinski definition) is 3. The lowest BCUT2D eigenvalue weighted by Gasteiger charge is -2.13. The number of ether oxygens (including phenoxy) is 1. The molecule has 2 rings (SSSR count). The van der Waals surface area contributed by atoms with Crippen molar-refractivity contribution in [3.05, 3.63) is 24.2 Å². The normalized spacial score (nSPS) is 17.7. The summed E-state index contributed by atoms with van der Waals surface area (Å²) < 4.78 is 10.6. The van der Waals surface area contributed by atoms with E-state index in [1.54, 1.807) is 12.3 Å². The van der Waals surface area contributed by atoms with Gasteiger partial charge in [0.25, 0.3) is 0 Å². The lowest BCUT2D eigenvalue weighted by atomic mass is 10.1. The SMILES string of the molecule is CCOC(C(=O)Cc1ccco1)C1CC1. The van der Waals surface area contributed by atoms with Crippen LogP contribution in [-0.4, -0.2) is 18.5 Å². The van der Waals surface area contributed by atoms with Crippen LogP contribution in [0.25, 0.3) is 0 Å². The average molecular weight is 208 g/mol. The summed E-state index contributed by atoms with van der Waals surface area (Å²) >= 11 is 0. The first kappa shape index (κ1) is 10.4. The van der Waals surface area contributed by atoms with Gasteiger partial charge in [0.1, 0.15) is 11.9 Å². The minimum atomic E-state index is -0.208. The molecule has 0 radical (unpaired) electrons. The summed E-state index contributed by atoms with van der Waals surface area (Å²) in [5.41, 5.74) is 0. The predicted molar refractivity (Wildman–Crippen MR) is 55.6 cm³/mol. The second kappa shape index (κ2) is 4.62. The second-order valence-electron chi connectivity index (χ2n) is 3.94. The summed E-state index contributed by atoms with van der Waals surface area (Å²) in [6, 6.07) is 3.63. The van der Waals surface area contributed by atoms with E-state index in [0.29, 0.717) is 18.9 Å². The van der Waals surface area contributed by atoms with Crippen molar-refractivity contribution < 1.29 is 13.9 Å². The quantitative estimate of drug-likeness (QED) is 0.719. The van der Waals surface area contributed by atoms with E-state index in [1.807, 2.05) is 13.0 Å². The van der Waals surface area contributed by atoms with Crippen molar-refractivity contribution in [3.63, 3.8) is 0 Å². The number of carbonyl (C=O) groups excluding carboxylic acids is 1. The van der Waals surface area contributed by atoms with E-state index >= 15 is 0 Å². The molecule has 1 aromatic heterocycles. The molecule has 1 aromatic rings. The topological polar surface area (TPSA) is 39.4 Å². The highest BCUT2D eigenvalue weighted by Crippen LogP contribution is 2.35. The van der Waals surface area contributed by atoms with E-state index in [4.69, 9.17) is 9.15 Å². The van der Waals surface area contributed by atoms with Gasteiger partial charge >= 0.3 is 0 Å². The van der Waals surface area contributed by atoms with Gasteiger partial charge in [0.15, 0.2) is 5.78 Å². The molecular formula is C12H16O3. The highest BCUT2D eigenvalue weighted by atomic mass is 16.5. The van der Waals surface area contributed by atoms with E-state index in [9.17, 15) is 4.79 Å². The van der Waals surface area contributed by atoms with Gasteiger partial charge < -0.3 is 9.15 Å². The van der Waals surface area contributed by atoms with Gasteiger partial charge in [-0.1, -0.05) is 0 Å². The lowest BCUT2D eigenvalue weighted by Crippen LogP contribution is -2.28. The van der Waals surface area contributed by atoms with Crippen molar-refractivity contribution >= 4 is 5.78 Å². The molecule has 3 heteroatoms. The number of furan rings is 1. The third-order valence-corrected chi connectivity index (χ3v) is 2.64. The van der Waals surface area contributed by atoms with E-state index in [-0.39, 0.29) is 11.9 Å². The smallest absolute Gasteiger partial charge is 0.169 e. The molecule has 0 amide bonds. The molecule has 1 aliphatic rings. The van der Waals surface area contributed by atoms with Crippen LogP contribution in [0.2, 0.25) is 0 Å². The summed E-state index contributed by atoms with van der Waals surface area (Å²) in [5, 5.41) is 0. The third kappa shape index (κ3) is 2.69. The Morgan fingerprint density at radius 3 is 3.00 bits per heavy atom. The van der Waals surface area contributed by atoms with E-state index in [1.165, 1.54) is 0 Å². The second-order valence-corrected chi connectivity index (χ2v) is 3.94. The molecule has 0 N–H and O–H groups in total. The minimum absolute atomic E-state index is 0.148. The zero-order valence-electron chi connectivity index (χ0n) is 8.94. The molecule has 1 aliphatic carbocycles. The zero-order chi connectivity index (χ0) is 10.7. The molecule has 3 nitrogen and oxygen atoms in total. The number of carbonyl (C=O) groups is 1. The first-order valence-electron chi connectivity index (χ1n) is 5.48. The molecule has 15 heavy (non-hydrogen) atoms. The summed E-state index contributed by atoms with van der Waals surface area (Å²) in [6.45, 7) is 2.53. The molecule has 1 fully saturated rings. The molecule has 0 spiro atoms. The minimum Gasteiger partial charge on any atom is -0.469 e. The first-order chi connectivity index (χ1) is 7.31. The molecule has 82 valence electrons. The molecule has 0 aliphatic heterocycles. The van der Waals surface area contributed by atoms with Crippen LogP contribution < -0.4 is 0 Å². The Labute approximate surface area is 89.4 Å². The van der Waals surface area contributed by atoms with Gasteiger partial charge in [-0.05, 0) is 37.8 Å². The standard InChI is InChI=1S/C12H16O3/c1-2-14-12(9-5-6-9)11(13)8-10-4-3-7-15-10/h3-4,7,9,12H,2,5-6,8H2,1H3. The Kier molecular flexibility index (Phi) is 3.21. The van der Waals surface area contributed by atoms with Crippen LogP contribution in [0, 0.1) is 5.92 Å². The van der Waals surface area contributed by atoms with Crippen molar-refractivity contribution in [2.45, 2.75) is 32.3 Å². The van der Waals surface area contributed by atoms with E-state index in [2.05, 4.69) is 0 Å². The lowest BCUT2D eigenvalue weighted by molar-refractivity contribution is -0.131. The molecule has 1 saturated carbocycles. The molecule has 0 bridgehead atoms. The van der Waals surface area contributed by atoms with Crippen LogP contribution in [0.15, 0.2) is 22.8 Å². The molecule has 1 atom stereocenters. The van der Waals surface area contributed by atoms with Gasteiger partial charge in [-0.15, -0.1) is 0 Å². The van der Waals surface area contributed by atoms with E-state index < -0.39 is 0 Å². The van der Waals surface area contributed by atoms with Crippen LogP contribution in [0.1, 0.15) is 25.5 Å². The largest absolute Gasteiger partial charge is 0.469 e. The highest BCUT2D eigenvalue weighted by molar-refractivity contribution is 5.85. The predicted octanol–water partition coefficient (Wildman–Crippen LogP) is 2.21. The van der Waals surface area contributed by atoms with Crippen molar-refractivity contribution in [2.75, 3.05) is 6.61 Å². The molecular weight excluding hydrogens is 192 g/mol. The monoisotopic (exact) mass is 208 g/mol. The first-order valence-corrected chi connectivity index (χ1v) is 5.48. The summed E-state index contributed by atoms with van der Waals surface area (Å²) in [7, 11) is 0. The number of hydrogen-bond donors (Lipinski definition) is 0. The van der Waals surface area contributed by atoms with Gasteiger partial charge in [0.05, 0.1) is 12.7 Å². The number of rotatable bonds is 6. The van der Waals surface area contributed by atoms with Crippen LogP contribution in [0.3, 0.4) is 0 Å². The Balaban J connectivity index is 1.92. The average Bonchev–Trinajstić information content (AvgIpc) is 2.93. The Morgan fingerprint density at radius 1 is 1.67 bits per heavy atom. The van der Waals surface area contributed by atoms with Crippen LogP contribution >= 0.6 is 0 Å². The molecule has 1 heterocycles.